The van der Waals surface area contributed by atoms with E-state index >= 15 is 0 Å². The Morgan fingerprint density at radius 1 is 1.00 bits per heavy atom. The molecule has 1 aromatic heterocycles. The van der Waals surface area contributed by atoms with E-state index in [-0.39, 0.29) is 5.60 Å². The molecule has 0 amide bonds. The Hall–Kier alpha value is -1.99. The van der Waals surface area contributed by atoms with Crippen LogP contribution in [0.3, 0.4) is 0 Å². The molecule has 3 saturated heterocycles. The van der Waals surface area contributed by atoms with Gasteiger partial charge in [-0.05, 0) is 67.8 Å². The van der Waals surface area contributed by atoms with Crippen LogP contribution in [0.4, 0.5) is 5.69 Å². The number of pyridine rings is 1. The highest BCUT2D eigenvalue weighted by atomic mass is 16.7. The van der Waals surface area contributed by atoms with Crippen LogP contribution in [0.1, 0.15) is 56.2 Å². The van der Waals surface area contributed by atoms with E-state index < -0.39 is 5.79 Å². The lowest BCUT2D eigenvalue weighted by atomic mass is 9.88. The first kappa shape index (κ1) is 22.2. The molecule has 1 N–H and O–H groups in total. The number of rotatable bonds is 7. The molecule has 1 aromatic carbocycles. The second-order valence-corrected chi connectivity index (χ2v) is 11.4. The number of ether oxygens (including phenoxy) is 3. The van der Waals surface area contributed by atoms with Crippen LogP contribution >= 0.6 is 0 Å². The normalized spacial score (nSPS) is 37.5. The van der Waals surface area contributed by atoms with E-state index in [4.69, 9.17) is 19.2 Å². The maximum atomic E-state index is 6.97. The molecule has 186 valence electrons. The van der Waals surface area contributed by atoms with E-state index in [1.54, 1.807) is 0 Å². The Bertz CT molecular complexity index is 1020. The monoisotopic (exact) mass is 475 g/mol. The lowest BCUT2D eigenvalue weighted by Gasteiger charge is -2.47. The summed E-state index contributed by atoms with van der Waals surface area (Å²) in [4.78, 5) is 7.40. The van der Waals surface area contributed by atoms with Crippen molar-refractivity contribution in [3.05, 3.63) is 59.9 Å². The van der Waals surface area contributed by atoms with Crippen molar-refractivity contribution in [1.29, 1.82) is 0 Å². The minimum Gasteiger partial charge on any atom is -0.377 e. The fraction of sp³-hybridized carbons (Fsp3) is 0.621. The van der Waals surface area contributed by atoms with E-state index in [0.717, 1.165) is 76.1 Å². The van der Waals surface area contributed by atoms with Crippen molar-refractivity contribution in [2.24, 2.45) is 11.8 Å². The second kappa shape index (κ2) is 8.84. The molecule has 35 heavy (non-hydrogen) atoms. The van der Waals surface area contributed by atoms with Crippen LogP contribution in [0.2, 0.25) is 0 Å². The Balaban J connectivity index is 1.06. The zero-order chi connectivity index (χ0) is 23.3. The summed E-state index contributed by atoms with van der Waals surface area (Å²) in [5.41, 5.74) is 3.42. The van der Waals surface area contributed by atoms with E-state index in [2.05, 4.69) is 46.6 Å². The van der Waals surface area contributed by atoms with Gasteiger partial charge >= 0.3 is 0 Å². The predicted octanol–water partition coefficient (Wildman–Crippen LogP) is 4.39. The SMILES string of the molecule is c1ccc(C2(CCNCc3ccccc3N3C4CCC3COC4)CCOC3(CC4CC4C3)O2)nc1. The molecule has 0 radical (unpaired) electrons. The van der Waals surface area contributed by atoms with Crippen molar-refractivity contribution >= 4 is 5.69 Å². The molecule has 5 aliphatic rings. The van der Waals surface area contributed by atoms with Crippen molar-refractivity contribution in [3.8, 4) is 0 Å². The topological polar surface area (TPSA) is 55.9 Å². The van der Waals surface area contributed by atoms with Crippen LogP contribution in [0.15, 0.2) is 48.7 Å². The number of morpholine rings is 1. The summed E-state index contributed by atoms with van der Waals surface area (Å²) >= 11 is 0. The van der Waals surface area contributed by atoms with Crippen molar-refractivity contribution in [2.45, 2.75) is 75.0 Å². The number of aromatic nitrogens is 1. The van der Waals surface area contributed by atoms with Gasteiger partial charge in [-0.15, -0.1) is 0 Å². The molecule has 5 fully saturated rings. The quantitative estimate of drug-likeness (QED) is 0.600. The summed E-state index contributed by atoms with van der Waals surface area (Å²) in [7, 11) is 0. The highest BCUT2D eigenvalue weighted by Crippen LogP contribution is 2.60. The molecule has 3 aliphatic heterocycles. The van der Waals surface area contributed by atoms with Gasteiger partial charge in [-0.2, -0.15) is 0 Å². The number of nitrogens with one attached hydrogen (secondary N) is 1. The van der Waals surface area contributed by atoms with Crippen LogP contribution in [-0.4, -0.2) is 49.2 Å². The average Bonchev–Trinajstić information content (AvgIpc) is 3.44. The first-order valence-corrected chi connectivity index (χ1v) is 13.6. The molecular weight excluding hydrogens is 438 g/mol. The molecule has 5 atom stereocenters. The molecule has 2 saturated carbocycles. The third-order valence-corrected chi connectivity index (χ3v) is 9.13. The largest absolute Gasteiger partial charge is 0.377 e. The fourth-order valence-corrected chi connectivity index (χ4v) is 7.30. The molecule has 4 heterocycles. The van der Waals surface area contributed by atoms with E-state index in [1.165, 1.54) is 30.5 Å². The molecule has 5 unspecified atom stereocenters. The summed E-state index contributed by atoms with van der Waals surface area (Å²) in [5, 5.41) is 3.76. The summed E-state index contributed by atoms with van der Waals surface area (Å²) in [6, 6.07) is 16.2. The van der Waals surface area contributed by atoms with E-state index in [1.807, 2.05) is 12.3 Å². The van der Waals surface area contributed by atoms with Gasteiger partial charge in [0.15, 0.2) is 5.79 Å². The van der Waals surface area contributed by atoms with Crippen molar-refractivity contribution in [1.82, 2.24) is 10.3 Å². The summed E-state index contributed by atoms with van der Waals surface area (Å²) < 4.78 is 19.1. The van der Waals surface area contributed by atoms with Gasteiger partial charge in [-0.25, -0.2) is 0 Å². The van der Waals surface area contributed by atoms with Crippen molar-refractivity contribution < 1.29 is 14.2 Å². The van der Waals surface area contributed by atoms with Gasteiger partial charge in [0.1, 0.15) is 5.60 Å². The number of fused-ring (bicyclic) bond motifs is 3. The Kier molecular flexibility index (Phi) is 5.61. The second-order valence-electron chi connectivity index (χ2n) is 11.4. The number of nitrogens with zero attached hydrogens (tertiary/aromatic N) is 2. The van der Waals surface area contributed by atoms with Crippen LogP contribution in [0, 0.1) is 11.8 Å². The first-order chi connectivity index (χ1) is 17.2. The van der Waals surface area contributed by atoms with E-state index in [9.17, 15) is 0 Å². The van der Waals surface area contributed by atoms with Gasteiger partial charge in [0.25, 0.3) is 0 Å². The van der Waals surface area contributed by atoms with Gasteiger partial charge in [-0.1, -0.05) is 24.3 Å². The Labute approximate surface area is 208 Å². The zero-order valence-corrected chi connectivity index (χ0v) is 20.5. The summed E-state index contributed by atoms with van der Waals surface area (Å²) in [5.74, 6) is 1.21. The van der Waals surface area contributed by atoms with Crippen LogP contribution in [0.25, 0.3) is 0 Å². The number of hydrogen-bond acceptors (Lipinski definition) is 6. The smallest absolute Gasteiger partial charge is 0.170 e. The molecule has 2 aromatic rings. The summed E-state index contributed by atoms with van der Waals surface area (Å²) in [6.07, 6.45) is 9.59. The predicted molar refractivity (Wildman–Crippen MR) is 134 cm³/mol. The number of hydrogen-bond donors (Lipinski definition) is 1. The van der Waals surface area contributed by atoms with Gasteiger partial charge in [0.2, 0.25) is 0 Å². The van der Waals surface area contributed by atoms with Gasteiger partial charge in [-0.3, -0.25) is 4.98 Å². The summed E-state index contributed by atoms with van der Waals surface area (Å²) in [6.45, 7) is 4.20. The first-order valence-electron chi connectivity index (χ1n) is 13.6. The lowest BCUT2D eigenvalue weighted by molar-refractivity contribution is -0.335. The molecule has 2 aliphatic carbocycles. The zero-order valence-electron chi connectivity index (χ0n) is 20.5. The molecular formula is C29H37N3O3. The number of anilines is 1. The van der Waals surface area contributed by atoms with Gasteiger partial charge in [0.05, 0.1) is 37.6 Å². The molecule has 6 nitrogen and oxygen atoms in total. The fourth-order valence-electron chi connectivity index (χ4n) is 7.30. The van der Waals surface area contributed by atoms with Gasteiger partial charge in [0, 0.05) is 37.7 Å². The Morgan fingerprint density at radius 3 is 2.60 bits per heavy atom. The van der Waals surface area contributed by atoms with Gasteiger partial charge < -0.3 is 24.4 Å². The molecule has 6 heteroatoms. The number of benzene rings is 1. The molecule has 2 bridgehead atoms. The average molecular weight is 476 g/mol. The minimum atomic E-state index is -0.397. The number of para-hydroxylation sites is 1. The maximum absolute atomic E-state index is 6.97. The van der Waals surface area contributed by atoms with E-state index in [0.29, 0.717) is 12.1 Å². The van der Waals surface area contributed by atoms with Crippen molar-refractivity contribution in [2.75, 3.05) is 31.3 Å². The molecule has 7 rings (SSSR count). The van der Waals surface area contributed by atoms with Crippen LogP contribution < -0.4 is 10.2 Å². The highest BCUT2D eigenvalue weighted by molar-refractivity contribution is 5.56. The molecule has 1 spiro atoms. The van der Waals surface area contributed by atoms with Crippen LogP contribution in [0.5, 0.6) is 0 Å². The van der Waals surface area contributed by atoms with Crippen LogP contribution in [-0.2, 0) is 26.4 Å². The standard InChI is InChI=1S/C29H37N3O3/c1-2-6-26(32-24-8-9-25(32)20-33-19-24)21(5-1)18-30-13-10-28(27-7-3-4-12-31-27)11-14-34-29(35-28)16-22-15-23(22)17-29/h1-7,12,22-25,30H,8-11,13-20H2. The lowest BCUT2D eigenvalue weighted by Crippen LogP contribution is -2.51. The Morgan fingerprint density at radius 2 is 1.80 bits per heavy atom. The third-order valence-electron chi connectivity index (χ3n) is 9.13. The highest BCUT2D eigenvalue weighted by Gasteiger charge is 2.60. The maximum Gasteiger partial charge on any atom is 0.170 e. The third kappa shape index (κ3) is 4.08. The van der Waals surface area contributed by atoms with Crippen molar-refractivity contribution in [3.63, 3.8) is 0 Å². The minimum absolute atomic E-state index is 0.383.